The fourth-order valence-corrected chi connectivity index (χ4v) is 11.3. The summed E-state index contributed by atoms with van der Waals surface area (Å²) in [5, 5.41) is 2.85. The molecule has 0 N–H and O–H groups in total. The summed E-state index contributed by atoms with van der Waals surface area (Å²) in [4.78, 5) is 0. The van der Waals surface area contributed by atoms with E-state index < -0.39 is 23.2 Å². The van der Waals surface area contributed by atoms with Crippen molar-refractivity contribution in [1.82, 2.24) is 0 Å². The summed E-state index contributed by atoms with van der Waals surface area (Å²) in [6.07, 6.45) is 2.52. The number of allylic oxidation sites excluding steroid dienone is 1. The Labute approximate surface area is 241 Å². The Bertz CT molecular complexity index is 1600. The second-order valence-corrected chi connectivity index (χ2v) is 14.4. The van der Waals surface area contributed by atoms with E-state index in [-0.39, 0.29) is 24.8 Å². The van der Waals surface area contributed by atoms with E-state index in [1.165, 1.54) is 42.4 Å². The molecule has 170 valence electrons. The molecule has 2 unspecified atom stereocenters. The van der Waals surface area contributed by atoms with Crippen molar-refractivity contribution in [3.8, 4) is 0 Å². The van der Waals surface area contributed by atoms with Gasteiger partial charge in [-0.3, -0.25) is 0 Å². The van der Waals surface area contributed by atoms with Crippen LogP contribution in [0.5, 0.6) is 0 Å². The summed E-state index contributed by atoms with van der Waals surface area (Å²) in [6.45, 7) is 0. The van der Waals surface area contributed by atoms with Crippen LogP contribution < -0.4 is 24.8 Å². The summed E-state index contributed by atoms with van der Waals surface area (Å²) >= 11 is 4.60. The van der Waals surface area contributed by atoms with E-state index in [0.717, 1.165) is 4.47 Å². The topological polar surface area (TPSA) is 0 Å². The van der Waals surface area contributed by atoms with E-state index in [9.17, 15) is 0 Å². The molecule has 2 heterocycles. The van der Waals surface area contributed by atoms with Gasteiger partial charge in [-0.05, 0) is 0 Å². The van der Waals surface area contributed by atoms with Gasteiger partial charge in [0.1, 0.15) is 0 Å². The van der Waals surface area contributed by atoms with Crippen LogP contribution in [0.1, 0.15) is 37.4 Å². The molecule has 0 saturated heterocycles. The van der Waals surface area contributed by atoms with Gasteiger partial charge in [-0.15, -0.1) is 0 Å². The van der Waals surface area contributed by atoms with Crippen LogP contribution in [0.25, 0.3) is 26.2 Å². The van der Waals surface area contributed by atoms with Crippen LogP contribution >= 0.6 is 27.3 Å². The van der Waals surface area contributed by atoms with Crippen molar-refractivity contribution in [3.05, 3.63) is 133 Å². The minimum atomic E-state index is -1.00. The maximum Gasteiger partial charge on any atom is -1.00 e. The van der Waals surface area contributed by atoms with E-state index in [2.05, 4.69) is 119 Å². The summed E-state index contributed by atoms with van der Waals surface area (Å²) in [6, 6.07) is 36.6. The first-order valence-electron chi connectivity index (χ1n) is 11.2. The van der Waals surface area contributed by atoms with Crippen LogP contribution in [-0.4, -0.2) is 0 Å². The van der Waals surface area contributed by atoms with Crippen LogP contribution in [-0.2, 0) is 23.2 Å². The van der Waals surface area contributed by atoms with Crippen molar-refractivity contribution in [3.63, 3.8) is 0 Å². The van der Waals surface area contributed by atoms with Gasteiger partial charge < -0.3 is 24.8 Å². The third-order valence-electron chi connectivity index (χ3n) is 6.86. The molecule has 5 heteroatoms. The number of halogens is 3. The van der Waals surface area contributed by atoms with Gasteiger partial charge in [-0.25, -0.2) is 0 Å². The van der Waals surface area contributed by atoms with Crippen molar-refractivity contribution >= 4 is 53.5 Å². The smallest absolute Gasteiger partial charge is 1.00 e. The molecule has 4 bridgehead atoms. The Morgan fingerprint density at radius 1 is 0.714 bits per heavy atom. The quantitative estimate of drug-likeness (QED) is 0.281. The van der Waals surface area contributed by atoms with Gasteiger partial charge in [0.05, 0.1) is 0 Å². The molecule has 0 spiro atoms. The molecule has 35 heavy (non-hydrogen) atoms. The molecule has 4 aromatic carbocycles. The Hall–Kier alpha value is -1.48. The average Bonchev–Trinajstić information content (AvgIpc) is 3.41. The van der Waals surface area contributed by atoms with Crippen molar-refractivity contribution < 1.29 is 48.0 Å². The van der Waals surface area contributed by atoms with E-state index in [0.29, 0.717) is 9.54 Å². The Kier molecular flexibility index (Phi) is 7.28. The van der Waals surface area contributed by atoms with Gasteiger partial charge in [0.15, 0.2) is 0 Å². The molecule has 0 fully saturated rings. The minimum Gasteiger partial charge on any atom is -1.00 e. The van der Waals surface area contributed by atoms with E-state index >= 15 is 0 Å². The predicted molar refractivity (Wildman–Crippen MR) is 140 cm³/mol. The van der Waals surface area contributed by atoms with Gasteiger partial charge in [-0.2, -0.15) is 0 Å². The summed E-state index contributed by atoms with van der Waals surface area (Å²) in [5.41, 5.74) is 7.34. The van der Waals surface area contributed by atoms with Gasteiger partial charge in [0.2, 0.25) is 0 Å². The second-order valence-electron chi connectivity index (χ2n) is 8.78. The number of fused-ring (bicyclic) bond motifs is 3. The summed E-state index contributed by atoms with van der Waals surface area (Å²) < 4.78 is 6.10. The molecule has 0 saturated carbocycles. The van der Waals surface area contributed by atoms with Crippen LogP contribution in [0.15, 0.2) is 105 Å². The molecule has 0 aliphatic heterocycles. The molecule has 8 rings (SSSR count). The zero-order valence-corrected chi connectivity index (χ0v) is 24.9. The molecule has 2 atom stereocenters. The molecule has 0 amide bonds. The molecule has 0 nitrogen and oxygen atoms in total. The zero-order valence-electron chi connectivity index (χ0n) is 18.5. The fraction of sp³-hybridized carbons (Fsp3) is 0.0667. The van der Waals surface area contributed by atoms with Gasteiger partial charge in [0, 0.05) is 0 Å². The van der Waals surface area contributed by atoms with Crippen LogP contribution in [0, 0.1) is 0 Å². The largest absolute Gasteiger partial charge is 1.00 e. The summed E-state index contributed by atoms with van der Waals surface area (Å²) in [7, 11) is 0. The first-order chi connectivity index (χ1) is 16.2. The fourth-order valence-electron chi connectivity index (χ4n) is 5.36. The Morgan fingerprint density at radius 3 is 2.31 bits per heavy atom. The van der Waals surface area contributed by atoms with E-state index in [1.807, 2.05) is 11.3 Å². The van der Waals surface area contributed by atoms with Crippen LogP contribution in [0.3, 0.4) is 0 Å². The van der Waals surface area contributed by atoms with Crippen molar-refractivity contribution in [2.24, 2.45) is 0 Å². The van der Waals surface area contributed by atoms with Gasteiger partial charge in [0.25, 0.3) is 0 Å². The molecular formula is C30H19BrCl2SZr. The number of hydrogen-bond acceptors (Lipinski definition) is 1. The SMILES string of the molecule is Brc1ccc2c(c1)C=[C]([Zr+2][CH]1c3cc4c1cccc4sc1ccc3cc1)C2c1ccccc1.[Cl-].[Cl-]. The average molecular weight is 654 g/mol. The molecule has 2 aromatic heterocycles. The Balaban J connectivity index is 0.00000127. The first-order valence-corrected chi connectivity index (χ1v) is 15.5. The van der Waals surface area contributed by atoms with Crippen molar-refractivity contribution in [2.75, 3.05) is 0 Å². The molecule has 2 aliphatic rings. The number of rotatable bonds is 3. The van der Waals surface area contributed by atoms with Crippen LogP contribution in [0.2, 0.25) is 0 Å². The normalized spacial score (nSPS) is 16.9. The van der Waals surface area contributed by atoms with Crippen LogP contribution in [0.4, 0.5) is 0 Å². The third kappa shape index (κ3) is 4.34. The van der Waals surface area contributed by atoms with Crippen molar-refractivity contribution in [2.45, 2.75) is 9.54 Å². The monoisotopic (exact) mass is 650 g/mol. The predicted octanol–water partition coefficient (Wildman–Crippen LogP) is 3.06. The van der Waals surface area contributed by atoms with E-state index in [4.69, 9.17) is 0 Å². The van der Waals surface area contributed by atoms with Gasteiger partial charge in [-0.1, -0.05) is 0 Å². The molecule has 2 aliphatic carbocycles. The second kappa shape index (κ2) is 10.1. The molecule has 0 radical (unpaired) electrons. The molecular weight excluding hydrogens is 634 g/mol. The number of hydrogen-bond donors (Lipinski definition) is 0. The number of benzene rings is 4. The standard InChI is InChI=1S/C15H10Br.C15H9S.2ClH.Zr/c16-13-7-9-15-12(10-13)6-8-14(15)11-4-2-1-3-5-11;1-2-11-8-12-9-14(11)15(3-1)16-13-6-4-10(12)5-7-13;;;/h1-7,9-10,14H;1-9H;2*1H;/q;;;;+2/p-2. The zero-order chi connectivity index (χ0) is 21.9. The molecule has 6 aromatic rings. The Morgan fingerprint density at radius 2 is 1.51 bits per heavy atom. The van der Waals surface area contributed by atoms with Crippen molar-refractivity contribution in [1.29, 1.82) is 0 Å². The maximum atomic E-state index is 3.70. The minimum absolute atomic E-state index is 0. The third-order valence-corrected chi connectivity index (χ3v) is 12.6. The van der Waals surface area contributed by atoms with E-state index in [1.54, 1.807) is 8.84 Å². The maximum absolute atomic E-state index is 3.70. The first kappa shape index (κ1) is 25.2. The van der Waals surface area contributed by atoms with Gasteiger partial charge >= 0.3 is 219 Å². The summed E-state index contributed by atoms with van der Waals surface area (Å²) in [5.74, 6) is 0.388.